The zero-order valence-electron chi connectivity index (χ0n) is 11.1. The molecule has 2 aromatic carbocycles. The second kappa shape index (κ2) is 5.85. The van der Waals surface area contributed by atoms with Crippen LogP contribution in [0.2, 0.25) is 5.02 Å². The van der Waals surface area contributed by atoms with Crippen molar-refractivity contribution in [3.05, 3.63) is 56.5 Å². The van der Waals surface area contributed by atoms with Gasteiger partial charge in [-0.3, -0.25) is 4.79 Å². The van der Waals surface area contributed by atoms with Crippen LogP contribution in [0, 0.1) is 13.8 Å². The molecule has 0 heterocycles. The molecule has 2 aromatic rings. The maximum Gasteiger partial charge on any atom is 0.257 e. The first kappa shape index (κ1) is 14.9. The van der Waals surface area contributed by atoms with E-state index in [1.165, 1.54) is 0 Å². The summed E-state index contributed by atoms with van der Waals surface area (Å²) < 4.78 is 1.04. The number of hydrogen-bond acceptors (Lipinski definition) is 2. The molecule has 0 unspecified atom stereocenters. The summed E-state index contributed by atoms with van der Waals surface area (Å²) >= 11 is 9.52. The van der Waals surface area contributed by atoms with Crippen LogP contribution in [0.5, 0.6) is 0 Å². The topological polar surface area (TPSA) is 55.1 Å². The Morgan fingerprint density at radius 2 is 1.80 bits per heavy atom. The van der Waals surface area contributed by atoms with E-state index >= 15 is 0 Å². The summed E-state index contributed by atoms with van der Waals surface area (Å²) in [5, 5.41) is 3.21. The fraction of sp³-hybridized carbons (Fsp3) is 0.133. The standard InChI is InChI=1S/C15H14BrClN2O/c1-8-5-11(6-9(2)14(8)16)19-15(20)12-7-10(18)3-4-13(12)17/h3-7H,18H2,1-2H3,(H,19,20). The Kier molecular flexibility index (Phi) is 4.35. The first-order valence-electron chi connectivity index (χ1n) is 6.01. The maximum absolute atomic E-state index is 12.2. The lowest BCUT2D eigenvalue weighted by Crippen LogP contribution is -2.13. The van der Waals surface area contributed by atoms with Gasteiger partial charge in [-0.15, -0.1) is 0 Å². The van der Waals surface area contributed by atoms with Crippen molar-refractivity contribution in [2.24, 2.45) is 0 Å². The van der Waals surface area contributed by atoms with Gasteiger partial charge in [0.2, 0.25) is 0 Å². The van der Waals surface area contributed by atoms with Crippen LogP contribution >= 0.6 is 27.5 Å². The molecule has 0 bridgehead atoms. The molecule has 0 aliphatic carbocycles. The molecule has 0 saturated heterocycles. The van der Waals surface area contributed by atoms with Crippen LogP contribution in [0.1, 0.15) is 21.5 Å². The van der Waals surface area contributed by atoms with Gasteiger partial charge in [0.15, 0.2) is 0 Å². The van der Waals surface area contributed by atoms with Gasteiger partial charge in [0.25, 0.3) is 5.91 Å². The van der Waals surface area contributed by atoms with Crippen molar-refractivity contribution in [1.29, 1.82) is 0 Å². The van der Waals surface area contributed by atoms with Gasteiger partial charge in [0, 0.05) is 15.8 Å². The highest BCUT2D eigenvalue weighted by Crippen LogP contribution is 2.26. The summed E-state index contributed by atoms with van der Waals surface area (Å²) in [5.74, 6) is -0.275. The average Bonchev–Trinajstić information content (AvgIpc) is 2.38. The number of aryl methyl sites for hydroxylation is 2. The molecule has 104 valence electrons. The Hall–Kier alpha value is -1.52. The van der Waals surface area contributed by atoms with Gasteiger partial charge in [-0.25, -0.2) is 0 Å². The number of rotatable bonds is 2. The van der Waals surface area contributed by atoms with E-state index in [0.717, 1.165) is 21.3 Å². The number of hydrogen-bond donors (Lipinski definition) is 2. The molecular formula is C15H14BrClN2O. The summed E-state index contributed by atoms with van der Waals surface area (Å²) in [4.78, 5) is 12.2. The van der Waals surface area contributed by atoms with E-state index in [-0.39, 0.29) is 5.91 Å². The van der Waals surface area contributed by atoms with Crippen molar-refractivity contribution in [3.63, 3.8) is 0 Å². The van der Waals surface area contributed by atoms with Crippen molar-refractivity contribution in [3.8, 4) is 0 Å². The molecule has 20 heavy (non-hydrogen) atoms. The molecule has 0 aliphatic heterocycles. The lowest BCUT2D eigenvalue weighted by Gasteiger charge is -2.11. The maximum atomic E-state index is 12.2. The molecule has 0 aliphatic rings. The average molecular weight is 354 g/mol. The van der Waals surface area contributed by atoms with Crippen LogP contribution < -0.4 is 11.1 Å². The van der Waals surface area contributed by atoms with Gasteiger partial charge in [-0.1, -0.05) is 27.5 Å². The molecule has 0 radical (unpaired) electrons. The van der Waals surface area contributed by atoms with Crippen LogP contribution in [-0.4, -0.2) is 5.91 Å². The normalized spacial score (nSPS) is 10.4. The first-order chi connectivity index (χ1) is 9.38. The van der Waals surface area contributed by atoms with Crippen LogP contribution in [0.15, 0.2) is 34.8 Å². The Morgan fingerprint density at radius 3 is 2.40 bits per heavy atom. The molecule has 1 amide bonds. The third-order valence-corrected chi connectivity index (χ3v) is 4.51. The lowest BCUT2D eigenvalue weighted by atomic mass is 10.1. The molecule has 0 spiro atoms. The van der Waals surface area contributed by atoms with E-state index in [2.05, 4.69) is 21.2 Å². The molecule has 0 fully saturated rings. The van der Waals surface area contributed by atoms with Gasteiger partial charge in [0.05, 0.1) is 10.6 Å². The molecule has 2 rings (SSSR count). The zero-order valence-corrected chi connectivity index (χ0v) is 13.5. The number of amides is 1. The fourth-order valence-electron chi connectivity index (χ4n) is 1.93. The SMILES string of the molecule is Cc1cc(NC(=O)c2cc(N)ccc2Cl)cc(C)c1Br. The van der Waals surface area contributed by atoms with E-state index in [0.29, 0.717) is 16.3 Å². The number of halogens is 2. The van der Waals surface area contributed by atoms with E-state index in [4.69, 9.17) is 17.3 Å². The predicted octanol–water partition coefficient (Wildman–Crippen LogP) is 4.55. The number of carbonyl (C=O) groups excluding carboxylic acids is 1. The van der Waals surface area contributed by atoms with Gasteiger partial charge in [-0.05, 0) is 55.3 Å². The third kappa shape index (κ3) is 3.14. The Balaban J connectivity index is 2.30. The van der Waals surface area contributed by atoms with Crippen molar-refractivity contribution < 1.29 is 4.79 Å². The highest BCUT2D eigenvalue weighted by atomic mass is 79.9. The summed E-state index contributed by atoms with van der Waals surface area (Å²) in [5.41, 5.74) is 9.39. The molecule has 0 saturated carbocycles. The zero-order chi connectivity index (χ0) is 14.9. The highest BCUT2D eigenvalue weighted by Gasteiger charge is 2.12. The number of carbonyl (C=O) groups is 1. The Morgan fingerprint density at radius 1 is 1.20 bits per heavy atom. The fourth-order valence-corrected chi connectivity index (χ4v) is 2.37. The second-order valence-corrected chi connectivity index (χ2v) is 5.82. The van der Waals surface area contributed by atoms with Crippen molar-refractivity contribution in [1.82, 2.24) is 0 Å². The Bertz CT molecular complexity index is 663. The summed E-state index contributed by atoms with van der Waals surface area (Å²) in [6.45, 7) is 3.94. The predicted molar refractivity (Wildman–Crippen MR) is 87.4 cm³/mol. The molecule has 0 atom stereocenters. The molecule has 5 heteroatoms. The Labute approximate surface area is 131 Å². The summed E-state index contributed by atoms with van der Waals surface area (Å²) in [6, 6.07) is 8.64. The van der Waals surface area contributed by atoms with Crippen molar-refractivity contribution in [2.45, 2.75) is 13.8 Å². The number of anilines is 2. The molecular weight excluding hydrogens is 340 g/mol. The van der Waals surface area contributed by atoms with Crippen molar-refractivity contribution >= 4 is 44.8 Å². The lowest BCUT2D eigenvalue weighted by molar-refractivity contribution is 0.102. The minimum atomic E-state index is -0.275. The van der Waals surface area contributed by atoms with Crippen LogP contribution in [0.3, 0.4) is 0 Å². The minimum Gasteiger partial charge on any atom is -0.399 e. The summed E-state index contributed by atoms with van der Waals surface area (Å²) in [6.07, 6.45) is 0. The quantitative estimate of drug-likeness (QED) is 0.778. The highest BCUT2D eigenvalue weighted by molar-refractivity contribution is 9.10. The van der Waals surface area contributed by atoms with Crippen LogP contribution in [0.25, 0.3) is 0 Å². The number of benzene rings is 2. The second-order valence-electron chi connectivity index (χ2n) is 4.62. The number of nitrogens with two attached hydrogens (primary N) is 1. The number of nitrogen functional groups attached to an aromatic ring is 1. The van der Waals surface area contributed by atoms with Crippen LogP contribution in [-0.2, 0) is 0 Å². The molecule has 3 nitrogen and oxygen atoms in total. The smallest absolute Gasteiger partial charge is 0.257 e. The summed E-state index contributed by atoms with van der Waals surface area (Å²) in [7, 11) is 0. The van der Waals surface area contributed by atoms with Gasteiger partial charge in [0.1, 0.15) is 0 Å². The molecule has 3 N–H and O–H groups in total. The van der Waals surface area contributed by atoms with Gasteiger partial charge >= 0.3 is 0 Å². The van der Waals surface area contributed by atoms with Gasteiger partial charge < -0.3 is 11.1 Å². The largest absolute Gasteiger partial charge is 0.399 e. The van der Waals surface area contributed by atoms with E-state index in [1.807, 2.05) is 26.0 Å². The molecule has 0 aromatic heterocycles. The first-order valence-corrected chi connectivity index (χ1v) is 7.18. The van der Waals surface area contributed by atoms with Crippen LogP contribution in [0.4, 0.5) is 11.4 Å². The van der Waals surface area contributed by atoms with E-state index in [9.17, 15) is 4.79 Å². The van der Waals surface area contributed by atoms with Crippen molar-refractivity contribution in [2.75, 3.05) is 11.1 Å². The van der Waals surface area contributed by atoms with E-state index in [1.54, 1.807) is 18.2 Å². The monoisotopic (exact) mass is 352 g/mol. The van der Waals surface area contributed by atoms with Gasteiger partial charge in [-0.2, -0.15) is 0 Å². The third-order valence-electron chi connectivity index (χ3n) is 2.93. The van der Waals surface area contributed by atoms with E-state index < -0.39 is 0 Å². The minimum absolute atomic E-state index is 0.275. The number of nitrogens with one attached hydrogen (secondary N) is 1.